The second-order valence-corrected chi connectivity index (χ2v) is 6.58. The highest BCUT2D eigenvalue weighted by atomic mass is 16.6. The molecule has 1 aliphatic rings. The van der Waals surface area contributed by atoms with E-state index >= 15 is 0 Å². The molecule has 1 atom stereocenters. The van der Waals surface area contributed by atoms with Gasteiger partial charge in [0.2, 0.25) is 0 Å². The Balaban J connectivity index is 1.36. The summed E-state index contributed by atoms with van der Waals surface area (Å²) in [6, 6.07) is 17.1. The molecule has 1 aliphatic heterocycles. The first-order valence-electron chi connectivity index (χ1n) is 8.89. The molecule has 0 saturated heterocycles. The zero-order valence-corrected chi connectivity index (χ0v) is 15.1. The highest BCUT2D eigenvalue weighted by Crippen LogP contribution is 2.31. The Labute approximate surface area is 157 Å². The molecule has 2 heterocycles. The summed E-state index contributed by atoms with van der Waals surface area (Å²) in [6.07, 6.45) is 3.48. The summed E-state index contributed by atoms with van der Waals surface area (Å²) in [4.78, 5) is 14.4. The summed E-state index contributed by atoms with van der Waals surface area (Å²) in [7, 11) is 1.78. The van der Waals surface area contributed by atoms with Crippen LogP contribution in [0.2, 0.25) is 0 Å². The standard InChI is InChI=1S/C21H21N3O3/c1-23(14-18-15-26-19-5-2-3-6-20(19)27-18)21(25)17-9-7-16(8-10-17)13-24-12-4-11-22-24/h2-12,18H,13-15H2,1H3/t18-/m1/s1. The van der Waals surface area contributed by atoms with E-state index in [-0.39, 0.29) is 12.0 Å². The van der Waals surface area contributed by atoms with Gasteiger partial charge in [-0.25, -0.2) is 0 Å². The van der Waals surface area contributed by atoms with Gasteiger partial charge in [0.15, 0.2) is 17.6 Å². The molecule has 0 unspecified atom stereocenters. The minimum atomic E-state index is -0.187. The fourth-order valence-corrected chi connectivity index (χ4v) is 3.10. The van der Waals surface area contributed by atoms with Crippen molar-refractivity contribution in [3.8, 4) is 11.5 Å². The van der Waals surface area contributed by atoms with Gasteiger partial charge in [-0.1, -0.05) is 24.3 Å². The van der Waals surface area contributed by atoms with Crippen LogP contribution in [-0.4, -0.2) is 46.9 Å². The molecule has 0 fully saturated rings. The van der Waals surface area contributed by atoms with Crippen molar-refractivity contribution < 1.29 is 14.3 Å². The lowest BCUT2D eigenvalue weighted by Crippen LogP contribution is -2.41. The van der Waals surface area contributed by atoms with Gasteiger partial charge in [0.1, 0.15) is 6.61 Å². The van der Waals surface area contributed by atoms with Gasteiger partial charge in [-0.2, -0.15) is 5.10 Å². The van der Waals surface area contributed by atoms with Crippen LogP contribution >= 0.6 is 0 Å². The number of carbonyl (C=O) groups is 1. The maximum atomic E-state index is 12.7. The van der Waals surface area contributed by atoms with Crippen molar-refractivity contribution in [3.05, 3.63) is 78.1 Å². The highest BCUT2D eigenvalue weighted by Gasteiger charge is 2.24. The smallest absolute Gasteiger partial charge is 0.253 e. The Morgan fingerprint density at radius 2 is 1.93 bits per heavy atom. The van der Waals surface area contributed by atoms with E-state index in [4.69, 9.17) is 9.47 Å². The minimum Gasteiger partial charge on any atom is -0.486 e. The van der Waals surface area contributed by atoms with E-state index in [1.807, 2.05) is 65.5 Å². The number of carbonyl (C=O) groups excluding carboxylic acids is 1. The number of benzene rings is 2. The maximum Gasteiger partial charge on any atom is 0.253 e. The van der Waals surface area contributed by atoms with Gasteiger partial charge in [0.25, 0.3) is 5.91 Å². The third-order valence-electron chi connectivity index (χ3n) is 4.50. The normalized spacial score (nSPS) is 15.4. The fourth-order valence-electron chi connectivity index (χ4n) is 3.10. The predicted octanol–water partition coefficient (Wildman–Crippen LogP) is 2.84. The molecule has 1 amide bonds. The van der Waals surface area contributed by atoms with Gasteiger partial charge in [0, 0.05) is 25.0 Å². The van der Waals surface area contributed by atoms with Crippen molar-refractivity contribution in [2.75, 3.05) is 20.2 Å². The van der Waals surface area contributed by atoms with Gasteiger partial charge in [-0.15, -0.1) is 0 Å². The second-order valence-electron chi connectivity index (χ2n) is 6.58. The van der Waals surface area contributed by atoms with Gasteiger partial charge >= 0.3 is 0 Å². The summed E-state index contributed by atoms with van der Waals surface area (Å²) in [5.74, 6) is 1.43. The number of aromatic nitrogens is 2. The van der Waals surface area contributed by atoms with Gasteiger partial charge in [0.05, 0.1) is 13.1 Å². The third kappa shape index (κ3) is 3.95. The molecule has 1 aromatic heterocycles. The molecule has 0 spiro atoms. The van der Waals surface area contributed by atoms with Gasteiger partial charge < -0.3 is 14.4 Å². The molecule has 0 radical (unpaired) electrons. The first-order chi connectivity index (χ1) is 13.2. The molecule has 0 N–H and O–H groups in total. The summed E-state index contributed by atoms with van der Waals surface area (Å²) in [6.45, 7) is 1.57. The highest BCUT2D eigenvalue weighted by molar-refractivity contribution is 5.94. The molecule has 6 nitrogen and oxygen atoms in total. The van der Waals surface area contributed by atoms with Crippen molar-refractivity contribution in [1.29, 1.82) is 0 Å². The molecular weight excluding hydrogens is 342 g/mol. The molecule has 0 aliphatic carbocycles. The van der Waals surface area contributed by atoms with Crippen molar-refractivity contribution >= 4 is 5.91 Å². The predicted molar refractivity (Wildman–Crippen MR) is 101 cm³/mol. The van der Waals surface area contributed by atoms with Crippen LogP contribution in [0.5, 0.6) is 11.5 Å². The van der Waals surface area contributed by atoms with Crippen LogP contribution < -0.4 is 9.47 Å². The van der Waals surface area contributed by atoms with Crippen molar-refractivity contribution in [3.63, 3.8) is 0 Å². The number of likely N-dealkylation sites (N-methyl/N-ethyl adjacent to an activating group) is 1. The summed E-state index contributed by atoms with van der Waals surface area (Å²) in [5, 5.41) is 4.19. The zero-order valence-electron chi connectivity index (χ0n) is 15.1. The largest absolute Gasteiger partial charge is 0.486 e. The fraction of sp³-hybridized carbons (Fsp3) is 0.238. The van der Waals surface area contributed by atoms with Crippen LogP contribution in [0.25, 0.3) is 0 Å². The number of fused-ring (bicyclic) bond motifs is 1. The van der Waals surface area contributed by atoms with E-state index in [0.29, 0.717) is 25.3 Å². The average molecular weight is 363 g/mol. The maximum absolute atomic E-state index is 12.7. The van der Waals surface area contributed by atoms with Gasteiger partial charge in [-0.05, 0) is 35.9 Å². The molecule has 2 aromatic carbocycles. The monoisotopic (exact) mass is 363 g/mol. The number of nitrogens with zero attached hydrogens (tertiary/aromatic N) is 3. The van der Waals surface area contributed by atoms with Crippen LogP contribution in [0.15, 0.2) is 67.0 Å². The molecular formula is C21H21N3O3. The van der Waals surface area contributed by atoms with E-state index in [9.17, 15) is 4.79 Å². The zero-order chi connectivity index (χ0) is 18.6. The quantitative estimate of drug-likeness (QED) is 0.699. The molecule has 0 saturated carbocycles. The molecule has 3 aromatic rings. The van der Waals surface area contributed by atoms with E-state index in [2.05, 4.69) is 5.10 Å². The Hall–Kier alpha value is -3.28. The van der Waals surface area contributed by atoms with Crippen LogP contribution in [0, 0.1) is 0 Å². The Bertz CT molecular complexity index is 907. The second kappa shape index (κ2) is 7.53. The van der Waals surface area contributed by atoms with Crippen LogP contribution in [0.4, 0.5) is 0 Å². The van der Waals surface area contributed by atoms with E-state index < -0.39 is 0 Å². The molecule has 0 bridgehead atoms. The molecule has 6 heteroatoms. The lowest BCUT2D eigenvalue weighted by Gasteiger charge is -2.29. The van der Waals surface area contributed by atoms with E-state index in [0.717, 1.165) is 17.1 Å². The van der Waals surface area contributed by atoms with Crippen molar-refractivity contribution in [2.45, 2.75) is 12.6 Å². The average Bonchev–Trinajstić information content (AvgIpc) is 3.21. The minimum absolute atomic E-state index is 0.0388. The summed E-state index contributed by atoms with van der Waals surface area (Å²) >= 11 is 0. The molecule has 4 rings (SSSR count). The molecule has 138 valence electrons. The SMILES string of the molecule is CN(C[C@@H]1COc2ccccc2O1)C(=O)c1ccc(Cn2cccn2)cc1. The number of para-hydroxylation sites is 2. The topological polar surface area (TPSA) is 56.6 Å². The lowest BCUT2D eigenvalue weighted by atomic mass is 10.1. The Morgan fingerprint density at radius 3 is 2.67 bits per heavy atom. The first kappa shape index (κ1) is 17.1. The van der Waals surface area contributed by atoms with Gasteiger partial charge in [-0.3, -0.25) is 9.48 Å². The number of hydrogen-bond acceptors (Lipinski definition) is 4. The van der Waals surface area contributed by atoms with E-state index in [1.54, 1.807) is 18.1 Å². The lowest BCUT2D eigenvalue weighted by molar-refractivity contribution is 0.0521. The number of rotatable bonds is 5. The Kier molecular flexibility index (Phi) is 4.78. The summed E-state index contributed by atoms with van der Waals surface area (Å²) in [5.41, 5.74) is 1.75. The van der Waals surface area contributed by atoms with Crippen molar-refractivity contribution in [2.24, 2.45) is 0 Å². The number of ether oxygens (including phenoxy) is 2. The first-order valence-corrected chi connectivity index (χ1v) is 8.89. The molecule has 27 heavy (non-hydrogen) atoms. The van der Waals surface area contributed by atoms with E-state index in [1.165, 1.54) is 0 Å². The van der Waals surface area contributed by atoms with Crippen LogP contribution in [0.3, 0.4) is 0 Å². The van der Waals surface area contributed by atoms with Crippen LogP contribution in [0.1, 0.15) is 15.9 Å². The van der Waals surface area contributed by atoms with Crippen molar-refractivity contribution in [1.82, 2.24) is 14.7 Å². The number of hydrogen-bond donors (Lipinski definition) is 0. The Morgan fingerprint density at radius 1 is 1.15 bits per heavy atom. The van der Waals surface area contributed by atoms with Crippen LogP contribution in [-0.2, 0) is 6.54 Å². The third-order valence-corrected chi connectivity index (χ3v) is 4.50. The number of amides is 1. The summed E-state index contributed by atoms with van der Waals surface area (Å²) < 4.78 is 13.5.